The van der Waals surface area contributed by atoms with Gasteiger partial charge in [0.05, 0.1) is 16.3 Å². The zero-order chi connectivity index (χ0) is 14.5. The standard InChI is InChI=1S/C11H11F3N4S2/c1-5-16-6(4-19-5)7-8(15)18-20-9(7)17-10(2-3-10)11(12,13)14/h4,17H,2-3H2,1H3,(H2,15,18). The second kappa shape index (κ2) is 4.32. The molecule has 108 valence electrons. The lowest BCUT2D eigenvalue weighted by Gasteiger charge is -2.21. The van der Waals surface area contributed by atoms with E-state index in [-0.39, 0.29) is 18.7 Å². The highest BCUT2D eigenvalue weighted by molar-refractivity contribution is 7.11. The number of nitrogens with zero attached hydrogens (tertiary/aromatic N) is 2. The molecular formula is C11H11F3N4S2. The van der Waals surface area contributed by atoms with Crippen molar-refractivity contribution in [2.24, 2.45) is 0 Å². The second-order valence-electron chi connectivity index (χ2n) is 4.73. The number of rotatable bonds is 3. The van der Waals surface area contributed by atoms with Gasteiger partial charge in [-0.25, -0.2) is 4.98 Å². The summed E-state index contributed by atoms with van der Waals surface area (Å²) in [6.45, 7) is 1.83. The summed E-state index contributed by atoms with van der Waals surface area (Å²) in [7, 11) is 0. The van der Waals surface area contributed by atoms with E-state index in [4.69, 9.17) is 5.73 Å². The van der Waals surface area contributed by atoms with Crippen LogP contribution < -0.4 is 11.1 Å². The second-order valence-corrected chi connectivity index (χ2v) is 6.56. The Morgan fingerprint density at radius 3 is 2.60 bits per heavy atom. The van der Waals surface area contributed by atoms with Crippen LogP contribution >= 0.6 is 22.9 Å². The quantitative estimate of drug-likeness (QED) is 0.906. The Morgan fingerprint density at radius 1 is 1.40 bits per heavy atom. The third-order valence-electron chi connectivity index (χ3n) is 3.24. The maximum atomic E-state index is 13.0. The molecule has 0 saturated heterocycles. The molecule has 1 fully saturated rings. The van der Waals surface area contributed by atoms with Crippen molar-refractivity contribution in [2.75, 3.05) is 11.1 Å². The fourth-order valence-electron chi connectivity index (χ4n) is 1.94. The van der Waals surface area contributed by atoms with Crippen molar-refractivity contribution in [1.29, 1.82) is 0 Å². The molecule has 0 bridgehead atoms. The topological polar surface area (TPSA) is 63.8 Å². The van der Waals surface area contributed by atoms with Crippen LogP contribution in [0.4, 0.5) is 24.0 Å². The highest BCUT2D eigenvalue weighted by atomic mass is 32.1. The minimum Gasteiger partial charge on any atom is -0.382 e. The summed E-state index contributed by atoms with van der Waals surface area (Å²) in [5.41, 5.74) is 4.98. The Labute approximate surface area is 121 Å². The normalized spacial score (nSPS) is 17.2. The van der Waals surface area contributed by atoms with Gasteiger partial charge in [-0.3, -0.25) is 0 Å². The molecule has 1 saturated carbocycles. The zero-order valence-electron chi connectivity index (χ0n) is 10.4. The van der Waals surface area contributed by atoms with Crippen LogP contribution in [-0.2, 0) is 0 Å². The van der Waals surface area contributed by atoms with Crippen molar-refractivity contribution in [1.82, 2.24) is 9.36 Å². The monoisotopic (exact) mass is 320 g/mol. The lowest BCUT2D eigenvalue weighted by molar-refractivity contribution is -0.150. The first kappa shape index (κ1) is 13.6. The van der Waals surface area contributed by atoms with Crippen molar-refractivity contribution in [2.45, 2.75) is 31.5 Å². The molecule has 20 heavy (non-hydrogen) atoms. The van der Waals surface area contributed by atoms with E-state index in [1.54, 1.807) is 5.38 Å². The van der Waals surface area contributed by atoms with Crippen LogP contribution in [0.3, 0.4) is 0 Å². The van der Waals surface area contributed by atoms with Crippen LogP contribution in [0.5, 0.6) is 0 Å². The Kier molecular flexibility index (Phi) is 2.94. The number of halogens is 3. The Hall–Kier alpha value is -1.35. The summed E-state index contributed by atoms with van der Waals surface area (Å²) in [5, 5.41) is 5.52. The van der Waals surface area contributed by atoms with Crippen LogP contribution in [0, 0.1) is 6.92 Å². The van der Waals surface area contributed by atoms with Gasteiger partial charge in [0.15, 0.2) is 0 Å². The first-order valence-electron chi connectivity index (χ1n) is 5.85. The predicted octanol–water partition coefficient (Wildman–Crippen LogP) is 3.66. The molecule has 0 spiro atoms. The maximum absolute atomic E-state index is 13.0. The third-order valence-corrected chi connectivity index (χ3v) is 4.79. The molecule has 9 heteroatoms. The number of nitrogens with two attached hydrogens (primary N) is 1. The SMILES string of the molecule is Cc1nc(-c2c(N)nsc2NC2(C(F)(F)F)CC2)cs1. The summed E-state index contributed by atoms with van der Waals surface area (Å²) in [5.74, 6) is 0.209. The van der Waals surface area contributed by atoms with Crippen LogP contribution in [0.25, 0.3) is 11.3 Å². The van der Waals surface area contributed by atoms with Gasteiger partial charge in [0, 0.05) is 5.38 Å². The average molecular weight is 320 g/mol. The molecule has 1 aliphatic carbocycles. The van der Waals surface area contributed by atoms with E-state index in [9.17, 15) is 13.2 Å². The molecule has 4 nitrogen and oxygen atoms in total. The number of aryl methyl sites for hydroxylation is 1. The first-order chi connectivity index (χ1) is 9.32. The van der Waals surface area contributed by atoms with Gasteiger partial charge in [0.25, 0.3) is 0 Å². The van der Waals surface area contributed by atoms with E-state index >= 15 is 0 Å². The first-order valence-corrected chi connectivity index (χ1v) is 7.50. The van der Waals surface area contributed by atoms with E-state index in [0.717, 1.165) is 16.5 Å². The van der Waals surface area contributed by atoms with E-state index in [1.807, 2.05) is 6.92 Å². The number of hydrogen-bond acceptors (Lipinski definition) is 6. The molecule has 0 radical (unpaired) electrons. The van der Waals surface area contributed by atoms with Crippen molar-refractivity contribution < 1.29 is 13.2 Å². The van der Waals surface area contributed by atoms with Crippen molar-refractivity contribution in [3.05, 3.63) is 10.4 Å². The van der Waals surface area contributed by atoms with Gasteiger partial charge >= 0.3 is 6.18 Å². The predicted molar refractivity (Wildman–Crippen MR) is 74.0 cm³/mol. The molecule has 0 amide bonds. The van der Waals surface area contributed by atoms with Crippen LogP contribution in [0.1, 0.15) is 17.8 Å². The number of hydrogen-bond donors (Lipinski definition) is 2. The van der Waals surface area contributed by atoms with Gasteiger partial charge in [-0.2, -0.15) is 17.5 Å². The zero-order valence-corrected chi connectivity index (χ0v) is 12.0. The van der Waals surface area contributed by atoms with Crippen molar-refractivity contribution >= 4 is 33.7 Å². The van der Waals surface area contributed by atoms with Crippen LogP contribution in [0.2, 0.25) is 0 Å². The highest BCUT2D eigenvalue weighted by Gasteiger charge is 2.64. The smallest absolute Gasteiger partial charge is 0.382 e. The minimum atomic E-state index is -4.28. The lowest BCUT2D eigenvalue weighted by Crippen LogP contribution is -2.38. The number of thiazole rings is 1. The van der Waals surface area contributed by atoms with Gasteiger partial charge in [-0.1, -0.05) is 0 Å². The van der Waals surface area contributed by atoms with E-state index < -0.39 is 11.7 Å². The van der Waals surface area contributed by atoms with Crippen LogP contribution in [0.15, 0.2) is 5.38 Å². The van der Waals surface area contributed by atoms with Gasteiger partial charge in [0.1, 0.15) is 16.4 Å². The third kappa shape index (κ3) is 2.14. The number of aromatic nitrogens is 2. The minimum absolute atomic E-state index is 0.0733. The summed E-state index contributed by atoms with van der Waals surface area (Å²) >= 11 is 2.36. The summed E-state index contributed by atoms with van der Waals surface area (Å²) in [6, 6.07) is 0. The fraction of sp³-hybridized carbons (Fsp3) is 0.455. The largest absolute Gasteiger partial charge is 0.411 e. The molecule has 0 aromatic carbocycles. The lowest BCUT2D eigenvalue weighted by atomic mass is 10.2. The molecular weight excluding hydrogens is 309 g/mol. The summed E-state index contributed by atoms with van der Waals surface area (Å²) in [4.78, 5) is 4.27. The molecule has 2 aromatic rings. The fourth-order valence-corrected chi connectivity index (χ4v) is 3.36. The molecule has 0 atom stereocenters. The molecule has 3 N–H and O–H groups in total. The Bertz CT molecular complexity index is 642. The van der Waals surface area contributed by atoms with Gasteiger partial charge in [0.2, 0.25) is 0 Å². The average Bonchev–Trinajstić information content (AvgIpc) is 2.89. The number of nitrogens with one attached hydrogen (secondary N) is 1. The molecule has 1 aliphatic rings. The van der Waals surface area contributed by atoms with E-state index in [2.05, 4.69) is 14.7 Å². The maximum Gasteiger partial charge on any atom is 0.411 e. The molecule has 3 rings (SSSR count). The highest BCUT2D eigenvalue weighted by Crippen LogP contribution is 2.53. The summed E-state index contributed by atoms with van der Waals surface area (Å²) in [6.07, 6.45) is -4.13. The van der Waals surface area contributed by atoms with Gasteiger partial charge in [-0.15, -0.1) is 11.3 Å². The number of nitrogen functional groups attached to an aromatic ring is 1. The molecule has 2 aromatic heterocycles. The van der Waals surface area contributed by atoms with Crippen molar-refractivity contribution in [3.8, 4) is 11.3 Å². The molecule has 0 aliphatic heterocycles. The van der Waals surface area contributed by atoms with Gasteiger partial charge in [-0.05, 0) is 31.3 Å². The molecule has 2 heterocycles. The van der Waals surface area contributed by atoms with Crippen molar-refractivity contribution in [3.63, 3.8) is 0 Å². The molecule has 0 unspecified atom stereocenters. The Morgan fingerprint density at radius 2 is 2.10 bits per heavy atom. The number of alkyl halides is 3. The van der Waals surface area contributed by atoms with E-state index in [0.29, 0.717) is 16.3 Å². The van der Waals surface area contributed by atoms with Gasteiger partial charge < -0.3 is 11.1 Å². The van der Waals surface area contributed by atoms with Crippen LogP contribution in [-0.4, -0.2) is 21.1 Å². The number of anilines is 2. The summed E-state index contributed by atoms with van der Waals surface area (Å²) < 4.78 is 43.0. The van der Waals surface area contributed by atoms with E-state index in [1.165, 1.54) is 11.3 Å². The Balaban J connectivity index is 1.96.